The normalized spacial score (nSPS) is 16.8. The van der Waals surface area contributed by atoms with Crippen LogP contribution < -0.4 is 26.1 Å². The van der Waals surface area contributed by atoms with Crippen LogP contribution >= 0.6 is 0 Å². The topological polar surface area (TPSA) is 275 Å². The molecule has 0 saturated heterocycles. The Bertz CT molecular complexity index is 2590. The highest BCUT2D eigenvalue weighted by Gasteiger charge is 2.43. The first-order valence-electron chi connectivity index (χ1n) is 22.5. The van der Waals surface area contributed by atoms with E-state index in [1.807, 2.05) is 46.7 Å². The molecular formula is C46H69N4O15S3+. The van der Waals surface area contributed by atoms with Crippen molar-refractivity contribution in [2.45, 2.75) is 88.4 Å². The Morgan fingerprint density at radius 2 is 1.47 bits per heavy atom. The molecule has 0 fully saturated rings. The SMILES string of the molecule is COCCOCCOCCOCC[N+](CCCS(=O)(=O)O)=c1ccc2c(C(C)(C)C)cc(/C=C/C=C3/N(CCCCCC(=O)NN)c4ccc(S(=O)(=O)O)cc4C3(C)CCCS(=O)(=O)O)oc-2c1. The number of ether oxygens (including phenoxy) is 4. The maximum Gasteiger partial charge on any atom is 0.294 e. The van der Waals surface area contributed by atoms with Gasteiger partial charge in [-0.3, -0.25) is 23.9 Å². The molecule has 0 spiro atoms. The van der Waals surface area contributed by atoms with Gasteiger partial charge in [0.15, 0.2) is 6.54 Å². The third kappa shape index (κ3) is 17.7. The maximum absolute atomic E-state index is 12.4. The summed E-state index contributed by atoms with van der Waals surface area (Å²) in [5.41, 5.74) is 4.53. The molecule has 1 aromatic rings. The summed E-state index contributed by atoms with van der Waals surface area (Å²) < 4.78 is 131. The van der Waals surface area contributed by atoms with Gasteiger partial charge in [0.2, 0.25) is 11.3 Å². The summed E-state index contributed by atoms with van der Waals surface area (Å²) in [4.78, 5) is 13.5. The Morgan fingerprint density at radius 1 is 0.824 bits per heavy atom. The monoisotopic (exact) mass is 1010 g/mol. The number of anilines is 1. The van der Waals surface area contributed by atoms with Gasteiger partial charge in [-0.2, -0.15) is 25.3 Å². The van der Waals surface area contributed by atoms with Crippen molar-refractivity contribution in [3.8, 4) is 11.3 Å². The Morgan fingerprint density at radius 3 is 2.09 bits per heavy atom. The number of hydrazine groups is 1. The smallest absolute Gasteiger partial charge is 0.294 e. The third-order valence-electron chi connectivity index (χ3n) is 11.5. The van der Waals surface area contributed by atoms with Gasteiger partial charge in [-0.25, -0.2) is 10.4 Å². The maximum atomic E-state index is 12.4. The van der Waals surface area contributed by atoms with Crippen LogP contribution in [-0.4, -0.2) is 129 Å². The van der Waals surface area contributed by atoms with Crippen molar-refractivity contribution in [3.63, 3.8) is 0 Å². The number of carbonyl (C=O) groups is 1. The van der Waals surface area contributed by atoms with Gasteiger partial charge in [-0.15, -0.1) is 0 Å². The lowest BCUT2D eigenvalue weighted by atomic mass is 9.77. The average molecular weight is 1010 g/mol. The zero-order chi connectivity index (χ0) is 50.2. The van der Waals surface area contributed by atoms with E-state index >= 15 is 0 Å². The van der Waals surface area contributed by atoms with Crippen LogP contribution in [0.2, 0.25) is 0 Å². The summed E-state index contributed by atoms with van der Waals surface area (Å²) in [7, 11) is -11.5. The zero-order valence-electron chi connectivity index (χ0n) is 39.6. The van der Waals surface area contributed by atoms with Crippen LogP contribution in [0, 0.1) is 0 Å². The van der Waals surface area contributed by atoms with E-state index in [1.165, 1.54) is 12.1 Å². The van der Waals surface area contributed by atoms with Crippen molar-refractivity contribution in [1.82, 2.24) is 10.0 Å². The van der Waals surface area contributed by atoms with E-state index in [0.717, 1.165) is 16.5 Å². The van der Waals surface area contributed by atoms with Crippen molar-refractivity contribution < 1.29 is 67.1 Å². The van der Waals surface area contributed by atoms with Crippen molar-refractivity contribution in [2.75, 3.05) is 89.4 Å². The number of amides is 1. The van der Waals surface area contributed by atoms with E-state index in [4.69, 9.17) is 29.2 Å². The standard InChI is InChI=1S/C46H68N4O15S3/c1-45(2,3)39-33-36(65-42-32-35(15-17-38(39)42)49(20-11-31-67(55,56)57)22-23-62-26-27-64-29-28-63-25-24-61-5)12-9-13-43-46(4,19-10-30-66(52,53)54)40-34-37(68(58,59)60)16-18-41(40)50(43)21-8-6-7-14-44(51)48-47/h9,12-13,15-18,32-34H,6-8,10-11,14,19-31,47H2,1-5H3,(H3-,48,51,52,53,54,55,56,57,58,59,60)/p+1. The second kappa shape index (κ2) is 25.7. The molecular weight excluding hydrogens is 945 g/mol. The molecule has 6 N–H and O–H groups in total. The molecule has 4 rings (SSSR count). The van der Waals surface area contributed by atoms with Gasteiger partial charge >= 0.3 is 0 Å². The van der Waals surface area contributed by atoms with E-state index in [-0.39, 0.29) is 41.9 Å². The summed E-state index contributed by atoms with van der Waals surface area (Å²) in [5.74, 6) is 5.06. The third-order valence-corrected chi connectivity index (χ3v) is 14.0. The van der Waals surface area contributed by atoms with Crippen LogP contribution in [0.15, 0.2) is 69.6 Å². The van der Waals surface area contributed by atoms with E-state index in [9.17, 15) is 43.7 Å². The molecule has 68 heavy (non-hydrogen) atoms. The van der Waals surface area contributed by atoms with Crippen LogP contribution in [-0.2, 0) is 64.9 Å². The van der Waals surface area contributed by atoms with Crippen LogP contribution in [0.3, 0.4) is 0 Å². The predicted molar refractivity (Wildman–Crippen MR) is 259 cm³/mol. The molecule has 22 heteroatoms. The lowest BCUT2D eigenvalue weighted by Gasteiger charge is -2.30. The van der Waals surface area contributed by atoms with E-state index < -0.39 is 47.3 Å². The number of fused-ring (bicyclic) bond motifs is 2. The van der Waals surface area contributed by atoms with Gasteiger partial charge < -0.3 is 28.3 Å². The van der Waals surface area contributed by atoms with Crippen LogP contribution in [0.4, 0.5) is 5.69 Å². The summed E-state index contributed by atoms with van der Waals surface area (Å²) in [6.07, 6.45) is 7.89. The molecule has 1 aromatic carbocycles. The first-order valence-corrected chi connectivity index (χ1v) is 27.2. The Labute approximate surface area is 400 Å². The van der Waals surface area contributed by atoms with Gasteiger partial charge in [-0.05, 0) is 91.6 Å². The molecule has 1 unspecified atom stereocenters. The fraction of sp³-hybridized carbons (Fsp3) is 0.565. The number of allylic oxidation sites excluding steroid dienone is 3. The minimum absolute atomic E-state index is 0.0322. The second-order valence-electron chi connectivity index (χ2n) is 17.8. The Hall–Kier alpha value is -4.07. The first kappa shape index (κ1) is 56.5. The highest BCUT2D eigenvalue weighted by Crippen LogP contribution is 2.51. The molecule has 2 aliphatic heterocycles. The Kier molecular flexibility index (Phi) is 21.4. The van der Waals surface area contributed by atoms with Crippen molar-refractivity contribution in [1.29, 1.82) is 0 Å². The highest BCUT2D eigenvalue weighted by molar-refractivity contribution is 7.86. The minimum Gasteiger partial charge on any atom is -0.456 e. The van der Waals surface area contributed by atoms with Gasteiger partial charge in [0, 0.05) is 54.9 Å². The van der Waals surface area contributed by atoms with Gasteiger partial charge in [0.25, 0.3) is 30.4 Å². The number of nitrogens with two attached hydrogens (primary N) is 1. The predicted octanol–water partition coefficient (Wildman–Crippen LogP) is 4.57. The number of unbranched alkanes of at least 4 members (excludes halogenated alkanes) is 2. The number of benzene rings is 2. The fourth-order valence-corrected chi connectivity index (χ4v) is 9.61. The molecule has 1 aliphatic carbocycles. The number of nitrogens with zero attached hydrogens (tertiary/aromatic N) is 2. The van der Waals surface area contributed by atoms with Gasteiger partial charge in [0.1, 0.15) is 24.7 Å². The van der Waals surface area contributed by atoms with Crippen LogP contribution in [0.1, 0.15) is 89.5 Å². The van der Waals surface area contributed by atoms with Crippen molar-refractivity contribution >= 4 is 48.0 Å². The molecule has 0 bridgehead atoms. The summed E-state index contributed by atoms with van der Waals surface area (Å²) in [6, 6.07) is 12.0. The van der Waals surface area contributed by atoms with Crippen molar-refractivity contribution in [2.24, 2.45) is 5.84 Å². The number of rotatable bonds is 29. The van der Waals surface area contributed by atoms with E-state index in [0.29, 0.717) is 114 Å². The lowest BCUT2D eigenvalue weighted by molar-refractivity contribution is -0.121. The summed E-state index contributed by atoms with van der Waals surface area (Å²) in [6.45, 7) is 12.0. The van der Waals surface area contributed by atoms with Crippen LogP contribution in [0.25, 0.3) is 17.4 Å². The molecule has 0 aromatic heterocycles. The number of methoxy groups -OCH3 is 1. The van der Waals surface area contributed by atoms with Gasteiger partial charge in [-0.1, -0.05) is 33.3 Å². The van der Waals surface area contributed by atoms with Gasteiger partial charge in [0.05, 0.1) is 62.1 Å². The molecule has 1 atom stereocenters. The quantitative estimate of drug-likeness (QED) is 0.0159. The second-order valence-corrected chi connectivity index (χ2v) is 22.3. The molecule has 2 heterocycles. The molecule has 1 amide bonds. The molecule has 19 nitrogen and oxygen atoms in total. The number of carbonyl (C=O) groups excluding carboxylic acids is 1. The minimum atomic E-state index is -4.61. The summed E-state index contributed by atoms with van der Waals surface area (Å²) >= 11 is 0. The summed E-state index contributed by atoms with van der Waals surface area (Å²) in [5, 5.41) is 0.737. The average Bonchev–Trinajstić information content (AvgIpc) is 3.48. The Balaban J connectivity index is 1.75. The van der Waals surface area contributed by atoms with Crippen LogP contribution in [0.5, 0.6) is 0 Å². The highest BCUT2D eigenvalue weighted by atomic mass is 32.2. The lowest BCUT2D eigenvalue weighted by Crippen LogP contribution is -2.35. The number of hydrogen-bond acceptors (Lipinski definition) is 14. The van der Waals surface area contributed by atoms with E-state index in [2.05, 4.69) is 26.2 Å². The van der Waals surface area contributed by atoms with E-state index in [1.54, 1.807) is 25.3 Å². The molecule has 380 valence electrons. The largest absolute Gasteiger partial charge is 0.456 e. The fourth-order valence-electron chi connectivity index (χ4n) is 8.10. The number of hydrogen-bond donors (Lipinski definition) is 5. The number of nitrogens with one attached hydrogen (secondary N) is 1. The molecule has 3 aliphatic rings. The molecule has 0 radical (unpaired) electrons. The van der Waals surface area contributed by atoms with Crippen molar-refractivity contribution in [3.05, 3.63) is 82.6 Å². The first-order chi connectivity index (χ1) is 32.0. The zero-order valence-corrected chi connectivity index (χ0v) is 42.1. The molecule has 0 saturated carbocycles.